The van der Waals surface area contributed by atoms with Crippen molar-refractivity contribution in [2.75, 3.05) is 30.2 Å². The summed E-state index contributed by atoms with van der Waals surface area (Å²) >= 11 is 1.16. The minimum atomic E-state index is -3.80. The lowest BCUT2D eigenvalue weighted by atomic mass is 9.99. The van der Waals surface area contributed by atoms with E-state index in [4.69, 9.17) is 4.74 Å². The molecule has 1 saturated heterocycles. The van der Waals surface area contributed by atoms with E-state index >= 15 is 0 Å². The SMILES string of the molecule is COc1ccc(S(=O)(=O)N2CCC[C@@H](C(=O)Nc3ccc(S(=O)(=O)Nc4nccs4)cc3)C2)cc1. The zero-order valence-corrected chi connectivity index (χ0v) is 21.2. The van der Waals surface area contributed by atoms with Crippen molar-refractivity contribution in [3.8, 4) is 5.75 Å². The van der Waals surface area contributed by atoms with Gasteiger partial charge in [0.2, 0.25) is 15.9 Å². The molecule has 4 rings (SSSR count). The molecule has 10 nitrogen and oxygen atoms in total. The molecule has 2 heterocycles. The summed E-state index contributed by atoms with van der Waals surface area (Å²) in [6, 6.07) is 11.9. The molecule has 1 aromatic heterocycles. The van der Waals surface area contributed by atoms with Gasteiger partial charge < -0.3 is 10.1 Å². The number of rotatable bonds is 8. The number of nitrogens with one attached hydrogen (secondary N) is 2. The Morgan fingerprint density at radius 1 is 1.06 bits per heavy atom. The molecule has 0 unspecified atom stereocenters. The Labute approximate surface area is 208 Å². The average Bonchev–Trinajstić information content (AvgIpc) is 3.37. The van der Waals surface area contributed by atoms with Crippen LogP contribution in [0.15, 0.2) is 69.9 Å². The van der Waals surface area contributed by atoms with Gasteiger partial charge in [0, 0.05) is 30.4 Å². The molecular weight excluding hydrogens is 512 g/mol. The third-order valence-corrected chi connectivity index (χ3v) is 9.59. The normalized spacial score (nSPS) is 17.0. The van der Waals surface area contributed by atoms with E-state index in [9.17, 15) is 21.6 Å². The van der Waals surface area contributed by atoms with Crippen molar-refractivity contribution in [2.24, 2.45) is 5.92 Å². The first kappa shape index (κ1) is 25.1. The second kappa shape index (κ2) is 10.3. The van der Waals surface area contributed by atoms with Gasteiger partial charge in [-0.1, -0.05) is 0 Å². The average molecular weight is 537 g/mol. The fourth-order valence-corrected chi connectivity index (χ4v) is 6.99. The number of sulfonamides is 2. The summed E-state index contributed by atoms with van der Waals surface area (Å²) in [6.45, 7) is 0.390. The van der Waals surface area contributed by atoms with Gasteiger partial charge in [0.1, 0.15) is 5.75 Å². The van der Waals surface area contributed by atoms with Crippen LogP contribution in [0.3, 0.4) is 0 Å². The van der Waals surface area contributed by atoms with Crippen molar-refractivity contribution in [1.29, 1.82) is 0 Å². The van der Waals surface area contributed by atoms with Crippen LogP contribution < -0.4 is 14.8 Å². The van der Waals surface area contributed by atoms with Gasteiger partial charge in [0.15, 0.2) is 5.13 Å². The highest BCUT2D eigenvalue weighted by atomic mass is 32.2. The minimum absolute atomic E-state index is 0.0279. The Bertz CT molecular complexity index is 1370. The van der Waals surface area contributed by atoms with Crippen molar-refractivity contribution >= 4 is 48.1 Å². The molecule has 2 N–H and O–H groups in total. The third kappa shape index (κ3) is 5.81. The first-order chi connectivity index (χ1) is 16.7. The highest BCUT2D eigenvalue weighted by Crippen LogP contribution is 2.26. The molecular formula is C22H24N4O6S3. The maximum atomic E-state index is 13.0. The van der Waals surface area contributed by atoms with E-state index in [1.807, 2.05) is 0 Å². The van der Waals surface area contributed by atoms with Crippen LogP contribution in [0.5, 0.6) is 5.75 Å². The van der Waals surface area contributed by atoms with E-state index in [1.165, 1.54) is 54.0 Å². The number of amides is 1. The molecule has 0 radical (unpaired) electrons. The van der Waals surface area contributed by atoms with Gasteiger partial charge in [0.05, 0.1) is 22.8 Å². The molecule has 0 spiro atoms. The Hall–Kier alpha value is -3.00. The lowest BCUT2D eigenvalue weighted by molar-refractivity contribution is -0.120. The molecule has 3 aromatic rings. The summed E-state index contributed by atoms with van der Waals surface area (Å²) in [6.07, 6.45) is 2.59. The molecule has 1 fully saturated rings. The van der Waals surface area contributed by atoms with Crippen LogP contribution in [0.2, 0.25) is 0 Å². The smallest absolute Gasteiger partial charge is 0.263 e. The van der Waals surface area contributed by atoms with Crippen molar-refractivity contribution < 1.29 is 26.4 Å². The van der Waals surface area contributed by atoms with Gasteiger partial charge in [0.25, 0.3) is 10.0 Å². The molecule has 186 valence electrons. The Balaban J connectivity index is 1.40. The molecule has 1 aliphatic heterocycles. The van der Waals surface area contributed by atoms with E-state index in [1.54, 1.807) is 17.5 Å². The zero-order valence-electron chi connectivity index (χ0n) is 18.7. The number of hydrogen-bond donors (Lipinski definition) is 2. The number of nitrogens with zero attached hydrogens (tertiary/aromatic N) is 2. The minimum Gasteiger partial charge on any atom is -0.497 e. The van der Waals surface area contributed by atoms with Crippen LogP contribution >= 0.6 is 11.3 Å². The second-order valence-corrected chi connectivity index (χ2v) is 12.3. The maximum Gasteiger partial charge on any atom is 0.263 e. The number of thiazole rings is 1. The first-order valence-corrected chi connectivity index (χ1v) is 14.5. The van der Waals surface area contributed by atoms with Crippen LogP contribution in [-0.4, -0.2) is 52.2 Å². The number of aromatic nitrogens is 1. The van der Waals surface area contributed by atoms with E-state index in [2.05, 4.69) is 15.0 Å². The predicted octanol–water partition coefficient (Wildman–Crippen LogP) is 2.99. The number of methoxy groups -OCH3 is 1. The van der Waals surface area contributed by atoms with Crippen LogP contribution in [0.25, 0.3) is 0 Å². The highest BCUT2D eigenvalue weighted by molar-refractivity contribution is 7.93. The predicted molar refractivity (Wildman–Crippen MR) is 132 cm³/mol. The molecule has 0 aliphatic carbocycles. The molecule has 2 aromatic carbocycles. The Kier molecular flexibility index (Phi) is 7.40. The molecule has 0 saturated carbocycles. The van der Waals surface area contributed by atoms with Crippen molar-refractivity contribution in [2.45, 2.75) is 22.6 Å². The van der Waals surface area contributed by atoms with Crippen molar-refractivity contribution in [3.63, 3.8) is 0 Å². The summed E-state index contributed by atoms with van der Waals surface area (Å²) in [5, 5.41) is 4.68. The van der Waals surface area contributed by atoms with Crippen molar-refractivity contribution in [1.82, 2.24) is 9.29 Å². The van der Waals surface area contributed by atoms with Gasteiger partial charge in [-0.2, -0.15) is 4.31 Å². The summed E-state index contributed by atoms with van der Waals surface area (Å²) < 4.78 is 59.8. The molecule has 1 atom stereocenters. The number of ether oxygens (including phenoxy) is 1. The van der Waals surface area contributed by atoms with Crippen LogP contribution in [-0.2, 0) is 24.8 Å². The van der Waals surface area contributed by atoms with Crippen LogP contribution in [0.1, 0.15) is 12.8 Å². The molecule has 35 heavy (non-hydrogen) atoms. The number of anilines is 2. The fourth-order valence-electron chi connectivity index (χ4n) is 3.68. The number of carbonyl (C=O) groups is 1. The highest BCUT2D eigenvalue weighted by Gasteiger charge is 2.33. The lowest BCUT2D eigenvalue weighted by Crippen LogP contribution is -2.43. The molecule has 13 heteroatoms. The van der Waals surface area contributed by atoms with Gasteiger partial charge >= 0.3 is 0 Å². The number of hydrogen-bond acceptors (Lipinski definition) is 8. The summed E-state index contributed by atoms with van der Waals surface area (Å²) in [7, 11) is -6.05. The topological polar surface area (TPSA) is 135 Å². The number of carbonyl (C=O) groups excluding carboxylic acids is 1. The lowest BCUT2D eigenvalue weighted by Gasteiger charge is -2.31. The maximum absolute atomic E-state index is 13.0. The molecule has 1 aliphatic rings. The van der Waals surface area contributed by atoms with E-state index in [0.29, 0.717) is 30.8 Å². The van der Waals surface area contributed by atoms with Gasteiger partial charge in [-0.25, -0.2) is 21.8 Å². The van der Waals surface area contributed by atoms with Crippen molar-refractivity contribution in [3.05, 3.63) is 60.1 Å². The third-order valence-electron chi connectivity index (χ3n) is 5.54. The zero-order chi connectivity index (χ0) is 25.1. The first-order valence-electron chi connectivity index (χ1n) is 10.7. The summed E-state index contributed by atoms with van der Waals surface area (Å²) in [5.41, 5.74) is 0.415. The standard InChI is InChI=1S/C22H24N4O6S3/c1-32-18-6-10-20(11-7-18)35(30,31)26-13-2-3-16(15-26)21(27)24-17-4-8-19(9-5-17)34(28,29)25-22-23-12-14-33-22/h4-12,14,16H,2-3,13,15H2,1H3,(H,23,25)(H,24,27)/t16-/m1/s1. The molecule has 0 bridgehead atoms. The van der Waals surface area contributed by atoms with Crippen LogP contribution in [0.4, 0.5) is 10.8 Å². The fraction of sp³-hybridized carbons (Fsp3) is 0.273. The largest absolute Gasteiger partial charge is 0.497 e. The molecule has 1 amide bonds. The second-order valence-electron chi connectivity index (χ2n) is 7.83. The van der Waals surface area contributed by atoms with E-state index in [0.717, 1.165) is 11.3 Å². The summed E-state index contributed by atoms with van der Waals surface area (Å²) in [4.78, 5) is 16.9. The summed E-state index contributed by atoms with van der Waals surface area (Å²) in [5.74, 6) is -0.305. The number of piperidine rings is 1. The van der Waals surface area contributed by atoms with E-state index in [-0.39, 0.29) is 27.4 Å². The quantitative estimate of drug-likeness (QED) is 0.452. The Morgan fingerprint density at radius 3 is 2.37 bits per heavy atom. The Morgan fingerprint density at radius 2 is 1.74 bits per heavy atom. The van der Waals surface area contributed by atoms with Gasteiger partial charge in [-0.15, -0.1) is 11.3 Å². The van der Waals surface area contributed by atoms with Crippen LogP contribution in [0, 0.1) is 5.92 Å². The van der Waals surface area contributed by atoms with E-state index < -0.39 is 26.0 Å². The van der Waals surface area contributed by atoms with Gasteiger partial charge in [-0.3, -0.25) is 9.52 Å². The number of benzene rings is 2. The monoisotopic (exact) mass is 536 g/mol. The van der Waals surface area contributed by atoms with Gasteiger partial charge in [-0.05, 0) is 61.4 Å².